The summed E-state index contributed by atoms with van der Waals surface area (Å²) in [5.41, 5.74) is 2.18. The lowest BCUT2D eigenvalue weighted by molar-refractivity contribution is 0.0666. The molecular formula is C13H19FN4O. The van der Waals surface area contributed by atoms with E-state index in [1.807, 2.05) is 0 Å². The van der Waals surface area contributed by atoms with Gasteiger partial charge in [0.05, 0.1) is 5.56 Å². The van der Waals surface area contributed by atoms with Crippen molar-refractivity contribution in [2.75, 3.05) is 18.5 Å². The van der Waals surface area contributed by atoms with E-state index in [2.05, 4.69) is 17.3 Å². The summed E-state index contributed by atoms with van der Waals surface area (Å²) < 4.78 is 14.0. The van der Waals surface area contributed by atoms with E-state index in [-0.39, 0.29) is 17.3 Å². The highest BCUT2D eigenvalue weighted by Gasteiger charge is 2.26. The van der Waals surface area contributed by atoms with Crippen molar-refractivity contribution in [3.8, 4) is 0 Å². The highest BCUT2D eigenvalue weighted by atomic mass is 19.1. The summed E-state index contributed by atoms with van der Waals surface area (Å²) in [5, 5.41) is 0. The Morgan fingerprint density at radius 1 is 1.68 bits per heavy atom. The third kappa shape index (κ3) is 2.84. The minimum Gasteiger partial charge on any atom is -0.338 e. The topological polar surface area (TPSA) is 71.2 Å². The van der Waals surface area contributed by atoms with Gasteiger partial charge in [-0.25, -0.2) is 15.2 Å². The fourth-order valence-electron chi connectivity index (χ4n) is 2.46. The van der Waals surface area contributed by atoms with Gasteiger partial charge in [0.15, 0.2) is 11.6 Å². The van der Waals surface area contributed by atoms with Crippen LogP contribution in [-0.4, -0.2) is 28.9 Å². The number of aromatic nitrogens is 1. The highest BCUT2D eigenvalue weighted by Crippen LogP contribution is 2.22. The number of nitrogens with zero attached hydrogens (tertiary/aromatic N) is 2. The number of amides is 1. The van der Waals surface area contributed by atoms with E-state index in [1.54, 1.807) is 4.90 Å². The fourth-order valence-corrected chi connectivity index (χ4v) is 2.46. The predicted molar refractivity (Wildman–Crippen MR) is 70.9 cm³/mol. The number of nitrogens with one attached hydrogen (secondary N) is 1. The zero-order valence-corrected chi connectivity index (χ0v) is 11.0. The van der Waals surface area contributed by atoms with Crippen molar-refractivity contribution in [1.29, 1.82) is 0 Å². The van der Waals surface area contributed by atoms with Gasteiger partial charge < -0.3 is 10.3 Å². The molecule has 1 aliphatic heterocycles. The first-order chi connectivity index (χ1) is 9.17. The van der Waals surface area contributed by atoms with Gasteiger partial charge in [-0.15, -0.1) is 0 Å². The van der Waals surface area contributed by atoms with Gasteiger partial charge in [-0.1, -0.05) is 13.3 Å². The average Bonchev–Trinajstić information content (AvgIpc) is 2.47. The predicted octanol–water partition coefficient (Wildman–Crippen LogP) is 1.77. The molecule has 6 heteroatoms. The summed E-state index contributed by atoms with van der Waals surface area (Å²) in [5.74, 6) is 4.60. The van der Waals surface area contributed by atoms with Crippen LogP contribution in [0.25, 0.3) is 0 Å². The quantitative estimate of drug-likeness (QED) is 0.646. The van der Waals surface area contributed by atoms with Crippen molar-refractivity contribution in [2.45, 2.75) is 26.2 Å². The lowest BCUT2D eigenvalue weighted by Gasteiger charge is -2.32. The Kier molecular flexibility index (Phi) is 4.31. The number of carbonyl (C=O) groups is 1. The van der Waals surface area contributed by atoms with E-state index in [1.165, 1.54) is 12.3 Å². The molecule has 1 unspecified atom stereocenters. The van der Waals surface area contributed by atoms with Crippen LogP contribution in [0.4, 0.5) is 10.2 Å². The van der Waals surface area contributed by atoms with Gasteiger partial charge in [0.2, 0.25) is 0 Å². The average molecular weight is 266 g/mol. The Morgan fingerprint density at radius 3 is 3.16 bits per heavy atom. The van der Waals surface area contributed by atoms with Crippen molar-refractivity contribution in [1.82, 2.24) is 9.88 Å². The highest BCUT2D eigenvalue weighted by molar-refractivity contribution is 5.95. The molecule has 1 saturated heterocycles. The first-order valence-corrected chi connectivity index (χ1v) is 6.57. The molecule has 1 aromatic heterocycles. The molecule has 1 aromatic rings. The van der Waals surface area contributed by atoms with E-state index in [4.69, 9.17) is 5.84 Å². The van der Waals surface area contributed by atoms with Crippen LogP contribution in [0.5, 0.6) is 0 Å². The van der Waals surface area contributed by atoms with Gasteiger partial charge in [0.25, 0.3) is 5.91 Å². The van der Waals surface area contributed by atoms with E-state index in [0.717, 1.165) is 19.3 Å². The van der Waals surface area contributed by atoms with Crippen LogP contribution in [0.2, 0.25) is 0 Å². The first-order valence-electron chi connectivity index (χ1n) is 6.57. The van der Waals surface area contributed by atoms with Crippen LogP contribution in [-0.2, 0) is 0 Å². The molecule has 1 fully saturated rings. The number of pyridine rings is 1. The number of anilines is 1. The molecule has 3 N–H and O–H groups in total. The molecule has 1 atom stereocenters. The maximum Gasteiger partial charge on any atom is 0.257 e. The molecular weight excluding hydrogens is 247 g/mol. The Labute approximate surface area is 112 Å². The van der Waals surface area contributed by atoms with Crippen molar-refractivity contribution in [2.24, 2.45) is 11.8 Å². The molecule has 2 rings (SSSR count). The third-order valence-corrected chi connectivity index (χ3v) is 3.64. The number of halogens is 1. The number of likely N-dealkylation sites (tertiary alicyclic amines) is 1. The minimum absolute atomic E-state index is 0.0275. The number of rotatable bonds is 3. The van der Waals surface area contributed by atoms with Gasteiger partial charge in [-0.2, -0.15) is 0 Å². The Balaban J connectivity index is 2.19. The molecule has 19 heavy (non-hydrogen) atoms. The summed E-state index contributed by atoms with van der Waals surface area (Å²) >= 11 is 0. The maximum absolute atomic E-state index is 14.0. The van der Waals surface area contributed by atoms with Crippen LogP contribution in [0, 0.1) is 11.7 Å². The Bertz CT molecular complexity index is 466. The second-order valence-electron chi connectivity index (χ2n) is 4.83. The Hall–Kier alpha value is -1.69. The summed E-state index contributed by atoms with van der Waals surface area (Å²) in [6, 6.07) is 1.40. The van der Waals surface area contributed by atoms with Gasteiger partial charge in [0, 0.05) is 19.3 Å². The van der Waals surface area contributed by atoms with Crippen LogP contribution in [0.15, 0.2) is 12.3 Å². The molecule has 0 aliphatic carbocycles. The lowest BCUT2D eigenvalue weighted by Crippen LogP contribution is -2.40. The number of hydrazine groups is 1. The third-order valence-electron chi connectivity index (χ3n) is 3.64. The van der Waals surface area contributed by atoms with Crippen molar-refractivity contribution < 1.29 is 9.18 Å². The molecule has 0 saturated carbocycles. The molecule has 1 amide bonds. The largest absolute Gasteiger partial charge is 0.338 e. The summed E-state index contributed by atoms with van der Waals surface area (Å²) in [7, 11) is 0. The second-order valence-corrected chi connectivity index (χ2v) is 4.83. The second kappa shape index (κ2) is 5.97. The number of nitrogen functional groups attached to an aromatic ring is 1. The molecule has 104 valence electrons. The Morgan fingerprint density at radius 2 is 2.47 bits per heavy atom. The van der Waals surface area contributed by atoms with Crippen LogP contribution < -0.4 is 11.3 Å². The normalized spacial score (nSPS) is 19.3. The SMILES string of the molecule is CCC1CCCN(C(=O)c2ccnc(NN)c2F)C1. The summed E-state index contributed by atoms with van der Waals surface area (Å²) in [6.07, 6.45) is 4.53. The maximum atomic E-state index is 14.0. The summed E-state index contributed by atoms with van der Waals surface area (Å²) in [6.45, 7) is 3.49. The van der Waals surface area contributed by atoms with Crippen LogP contribution in [0.1, 0.15) is 36.5 Å². The van der Waals surface area contributed by atoms with Gasteiger partial charge in [-0.3, -0.25) is 4.79 Å². The molecule has 0 radical (unpaired) electrons. The molecule has 5 nitrogen and oxygen atoms in total. The molecule has 2 heterocycles. The monoisotopic (exact) mass is 266 g/mol. The number of carbonyl (C=O) groups excluding carboxylic acids is 1. The molecule has 0 spiro atoms. The molecule has 0 bridgehead atoms. The summed E-state index contributed by atoms with van der Waals surface area (Å²) in [4.78, 5) is 17.8. The van der Waals surface area contributed by atoms with E-state index in [9.17, 15) is 9.18 Å². The molecule has 1 aliphatic rings. The molecule has 0 aromatic carbocycles. The smallest absolute Gasteiger partial charge is 0.257 e. The fraction of sp³-hybridized carbons (Fsp3) is 0.538. The number of hydrogen-bond acceptors (Lipinski definition) is 4. The first kappa shape index (κ1) is 13.7. The van der Waals surface area contributed by atoms with Crippen LogP contribution >= 0.6 is 0 Å². The van der Waals surface area contributed by atoms with E-state index >= 15 is 0 Å². The number of nitrogens with two attached hydrogens (primary N) is 1. The van der Waals surface area contributed by atoms with E-state index in [0.29, 0.717) is 19.0 Å². The number of hydrogen-bond donors (Lipinski definition) is 2. The zero-order valence-electron chi connectivity index (χ0n) is 11.0. The van der Waals surface area contributed by atoms with Crippen molar-refractivity contribution in [3.05, 3.63) is 23.6 Å². The van der Waals surface area contributed by atoms with E-state index < -0.39 is 5.82 Å². The number of piperidine rings is 1. The van der Waals surface area contributed by atoms with Crippen LogP contribution in [0.3, 0.4) is 0 Å². The van der Waals surface area contributed by atoms with Crippen molar-refractivity contribution in [3.63, 3.8) is 0 Å². The zero-order chi connectivity index (χ0) is 13.8. The van der Waals surface area contributed by atoms with Gasteiger partial charge in [-0.05, 0) is 24.8 Å². The van der Waals surface area contributed by atoms with Gasteiger partial charge >= 0.3 is 0 Å². The van der Waals surface area contributed by atoms with Crippen molar-refractivity contribution >= 4 is 11.7 Å². The lowest BCUT2D eigenvalue weighted by atomic mass is 9.95. The van der Waals surface area contributed by atoms with Gasteiger partial charge in [0.1, 0.15) is 0 Å². The standard InChI is InChI=1S/C13H19FN4O/c1-2-9-4-3-7-18(8-9)13(19)10-5-6-16-12(17-15)11(10)14/h5-6,9H,2-4,7-8,15H2,1H3,(H,16,17). The minimum atomic E-state index is -0.686.